The third kappa shape index (κ3) is 3.32. The van der Waals surface area contributed by atoms with Crippen LogP contribution in [-0.2, 0) is 6.54 Å². The van der Waals surface area contributed by atoms with Crippen molar-refractivity contribution in [1.29, 1.82) is 0 Å². The van der Waals surface area contributed by atoms with E-state index in [-0.39, 0.29) is 0 Å². The number of benzene rings is 2. The highest BCUT2D eigenvalue weighted by molar-refractivity contribution is 7.80. The van der Waals surface area contributed by atoms with Crippen LogP contribution in [0.25, 0.3) is 0 Å². The number of rotatable bonds is 4. The topological polar surface area (TPSA) is 29.3 Å². The van der Waals surface area contributed by atoms with E-state index in [2.05, 4.69) is 49.2 Å². The van der Waals surface area contributed by atoms with Gasteiger partial charge in [-0.25, -0.2) is 0 Å². The van der Waals surface area contributed by atoms with Crippen LogP contribution in [0.4, 0.5) is 5.69 Å². The van der Waals surface area contributed by atoms with Crippen molar-refractivity contribution < 1.29 is 0 Å². The summed E-state index contributed by atoms with van der Waals surface area (Å²) in [5.41, 5.74) is 10.3. The van der Waals surface area contributed by atoms with Crippen LogP contribution in [0.5, 0.6) is 0 Å². The zero-order valence-electron chi connectivity index (χ0n) is 11.3. The minimum absolute atomic E-state index is 0.452. The third-order valence-electron chi connectivity index (χ3n) is 3.17. The maximum atomic E-state index is 5.76. The standard InChI is InChI=1S/C16H18N2S/c1-12-7-9-14(10-8-12)18(2)11-13-5-3-4-6-15(13)16(17)19/h3-10H,11H2,1-2H3,(H2,17,19). The van der Waals surface area contributed by atoms with Crippen molar-refractivity contribution in [2.24, 2.45) is 5.73 Å². The Hall–Kier alpha value is -1.87. The second kappa shape index (κ2) is 5.85. The number of nitrogens with zero attached hydrogens (tertiary/aromatic N) is 1. The molecule has 0 saturated heterocycles. The van der Waals surface area contributed by atoms with Crippen LogP contribution in [0.2, 0.25) is 0 Å². The van der Waals surface area contributed by atoms with E-state index in [0.717, 1.165) is 17.7 Å². The first-order valence-electron chi connectivity index (χ1n) is 6.23. The summed E-state index contributed by atoms with van der Waals surface area (Å²) in [6.45, 7) is 2.88. The third-order valence-corrected chi connectivity index (χ3v) is 3.38. The Labute approximate surface area is 119 Å². The van der Waals surface area contributed by atoms with E-state index < -0.39 is 0 Å². The SMILES string of the molecule is Cc1ccc(N(C)Cc2ccccc2C(N)=S)cc1. The maximum absolute atomic E-state index is 5.76. The average Bonchev–Trinajstić information content (AvgIpc) is 2.39. The first-order valence-corrected chi connectivity index (χ1v) is 6.64. The summed E-state index contributed by atoms with van der Waals surface area (Å²) < 4.78 is 0. The summed E-state index contributed by atoms with van der Waals surface area (Å²) in [5.74, 6) is 0. The molecule has 19 heavy (non-hydrogen) atoms. The van der Waals surface area contributed by atoms with Gasteiger partial charge in [-0.05, 0) is 24.6 Å². The number of aryl methyl sites for hydroxylation is 1. The average molecular weight is 270 g/mol. The quantitative estimate of drug-likeness (QED) is 0.865. The van der Waals surface area contributed by atoms with Crippen molar-refractivity contribution in [3.05, 3.63) is 65.2 Å². The fraction of sp³-hybridized carbons (Fsp3) is 0.188. The molecule has 0 aliphatic heterocycles. The second-order valence-corrected chi connectivity index (χ2v) is 5.15. The first kappa shape index (κ1) is 13.6. The smallest absolute Gasteiger partial charge is 0.104 e. The predicted molar refractivity (Wildman–Crippen MR) is 85.6 cm³/mol. The molecule has 0 bridgehead atoms. The fourth-order valence-electron chi connectivity index (χ4n) is 2.04. The summed E-state index contributed by atoms with van der Waals surface area (Å²) >= 11 is 5.10. The Morgan fingerprint density at radius 3 is 2.37 bits per heavy atom. The molecule has 0 saturated carbocycles. The number of anilines is 1. The van der Waals surface area contributed by atoms with Crippen LogP contribution < -0.4 is 10.6 Å². The van der Waals surface area contributed by atoms with Gasteiger partial charge in [-0.2, -0.15) is 0 Å². The van der Waals surface area contributed by atoms with Gasteiger partial charge in [0.1, 0.15) is 4.99 Å². The summed E-state index contributed by atoms with van der Waals surface area (Å²) in [6, 6.07) is 16.5. The van der Waals surface area contributed by atoms with E-state index in [1.807, 2.05) is 18.2 Å². The van der Waals surface area contributed by atoms with Crippen LogP contribution in [0.15, 0.2) is 48.5 Å². The normalized spacial score (nSPS) is 10.2. The van der Waals surface area contributed by atoms with Gasteiger partial charge in [-0.15, -0.1) is 0 Å². The maximum Gasteiger partial charge on any atom is 0.104 e. The summed E-state index contributed by atoms with van der Waals surface area (Å²) in [7, 11) is 2.07. The molecule has 2 rings (SSSR count). The van der Waals surface area contributed by atoms with E-state index in [9.17, 15) is 0 Å². The van der Waals surface area contributed by atoms with Crippen molar-refractivity contribution in [3.63, 3.8) is 0 Å². The molecule has 0 aliphatic carbocycles. The minimum atomic E-state index is 0.452. The van der Waals surface area contributed by atoms with Gasteiger partial charge in [0.25, 0.3) is 0 Å². The molecule has 2 N–H and O–H groups in total. The van der Waals surface area contributed by atoms with Crippen molar-refractivity contribution in [2.75, 3.05) is 11.9 Å². The molecule has 0 aliphatic rings. The lowest BCUT2D eigenvalue weighted by Crippen LogP contribution is -2.20. The molecule has 2 nitrogen and oxygen atoms in total. The Balaban J connectivity index is 2.21. The van der Waals surface area contributed by atoms with Crippen molar-refractivity contribution in [2.45, 2.75) is 13.5 Å². The van der Waals surface area contributed by atoms with E-state index in [1.54, 1.807) is 0 Å². The van der Waals surface area contributed by atoms with Gasteiger partial charge < -0.3 is 10.6 Å². The molecule has 0 unspecified atom stereocenters. The molecule has 0 fully saturated rings. The molecule has 0 atom stereocenters. The molecule has 2 aromatic rings. The van der Waals surface area contributed by atoms with Gasteiger partial charge in [0.05, 0.1) is 0 Å². The monoisotopic (exact) mass is 270 g/mol. The lowest BCUT2D eigenvalue weighted by atomic mass is 10.1. The van der Waals surface area contributed by atoms with Gasteiger partial charge in [0.15, 0.2) is 0 Å². The Morgan fingerprint density at radius 2 is 1.74 bits per heavy atom. The molecule has 0 heterocycles. The highest BCUT2D eigenvalue weighted by Gasteiger charge is 2.07. The van der Waals surface area contributed by atoms with Crippen molar-refractivity contribution in [1.82, 2.24) is 0 Å². The number of thiocarbonyl (C=S) groups is 1. The lowest BCUT2D eigenvalue weighted by molar-refractivity contribution is 0.921. The van der Waals surface area contributed by atoms with Gasteiger partial charge in [-0.3, -0.25) is 0 Å². The van der Waals surface area contributed by atoms with E-state index >= 15 is 0 Å². The van der Waals surface area contributed by atoms with E-state index in [0.29, 0.717) is 4.99 Å². The van der Waals surface area contributed by atoms with Crippen LogP contribution in [0.1, 0.15) is 16.7 Å². The Kier molecular flexibility index (Phi) is 4.17. The van der Waals surface area contributed by atoms with Crippen molar-refractivity contribution >= 4 is 22.9 Å². The van der Waals surface area contributed by atoms with Gasteiger partial charge in [0, 0.05) is 24.8 Å². The summed E-state index contributed by atoms with van der Waals surface area (Å²) in [6.07, 6.45) is 0. The summed E-state index contributed by atoms with van der Waals surface area (Å²) in [5, 5.41) is 0. The zero-order chi connectivity index (χ0) is 13.8. The molecule has 0 spiro atoms. The molecule has 0 amide bonds. The Bertz CT molecular complexity index is 576. The van der Waals surface area contributed by atoms with E-state index in [4.69, 9.17) is 18.0 Å². The zero-order valence-corrected chi connectivity index (χ0v) is 12.1. The van der Waals surface area contributed by atoms with Gasteiger partial charge >= 0.3 is 0 Å². The molecule has 98 valence electrons. The van der Waals surface area contributed by atoms with Crippen molar-refractivity contribution in [3.8, 4) is 0 Å². The van der Waals surface area contributed by atoms with Crippen LogP contribution in [0.3, 0.4) is 0 Å². The van der Waals surface area contributed by atoms with Crippen LogP contribution in [0, 0.1) is 6.92 Å². The van der Waals surface area contributed by atoms with E-state index in [1.165, 1.54) is 11.3 Å². The molecule has 0 radical (unpaired) electrons. The predicted octanol–water partition coefficient (Wildman–Crippen LogP) is 3.27. The molecule has 3 heteroatoms. The van der Waals surface area contributed by atoms with Gasteiger partial charge in [-0.1, -0.05) is 54.2 Å². The fourth-order valence-corrected chi connectivity index (χ4v) is 2.24. The van der Waals surface area contributed by atoms with Crippen LogP contribution >= 0.6 is 12.2 Å². The highest BCUT2D eigenvalue weighted by atomic mass is 32.1. The lowest BCUT2D eigenvalue weighted by Gasteiger charge is -2.21. The number of hydrogen-bond acceptors (Lipinski definition) is 2. The minimum Gasteiger partial charge on any atom is -0.389 e. The first-order chi connectivity index (χ1) is 9.08. The molecule has 2 aromatic carbocycles. The van der Waals surface area contributed by atoms with Gasteiger partial charge in [0.2, 0.25) is 0 Å². The number of nitrogens with two attached hydrogens (primary N) is 1. The Morgan fingerprint density at radius 1 is 1.11 bits per heavy atom. The summed E-state index contributed by atoms with van der Waals surface area (Å²) in [4.78, 5) is 2.64. The largest absolute Gasteiger partial charge is 0.389 e. The number of hydrogen-bond donors (Lipinski definition) is 1. The highest BCUT2D eigenvalue weighted by Crippen LogP contribution is 2.18. The molecular formula is C16H18N2S. The molecule has 0 aromatic heterocycles. The second-order valence-electron chi connectivity index (χ2n) is 4.71. The van der Waals surface area contributed by atoms with Crippen LogP contribution in [-0.4, -0.2) is 12.0 Å². The molecular weight excluding hydrogens is 252 g/mol.